The zero-order chi connectivity index (χ0) is 22.0. The summed E-state index contributed by atoms with van der Waals surface area (Å²) in [5, 5.41) is 11.2. The van der Waals surface area contributed by atoms with E-state index in [0.29, 0.717) is 28.3 Å². The van der Waals surface area contributed by atoms with Crippen molar-refractivity contribution in [1.29, 1.82) is 0 Å². The number of rotatable bonds is 6. The van der Waals surface area contributed by atoms with Crippen LogP contribution in [-0.4, -0.2) is 36.2 Å². The van der Waals surface area contributed by atoms with Gasteiger partial charge in [-0.1, -0.05) is 12.1 Å². The number of nitrogens with zero attached hydrogens (tertiary/aromatic N) is 2. The first-order valence-electron chi connectivity index (χ1n) is 9.67. The number of para-hydroxylation sites is 2. The third-order valence-corrected chi connectivity index (χ3v) is 4.98. The minimum absolute atomic E-state index is 0.0164. The zero-order valence-corrected chi connectivity index (χ0v) is 16.7. The van der Waals surface area contributed by atoms with Crippen LogP contribution >= 0.6 is 0 Å². The first-order valence-corrected chi connectivity index (χ1v) is 9.67. The summed E-state index contributed by atoms with van der Waals surface area (Å²) in [7, 11) is 0. The lowest BCUT2D eigenvalue weighted by molar-refractivity contribution is -0.385. The summed E-state index contributed by atoms with van der Waals surface area (Å²) in [6.07, 6.45) is -0.699. The summed E-state index contributed by atoms with van der Waals surface area (Å²) in [5.74, 6) is 0.214. The molecule has 1 unspecified atom stereocenters. The number of anilines is 1. The van der Waals surface area contributed by atoms with Crippen molar-refractivity contribution < 1.29 is 33.5 Å². The number of ether oxygens (including phenoxy) is 4. The number of amides is 1. The van der Waals surface area contributed by atoms with Gasteiger partial charge in [0.15, 0.2) is 12.9 Å². The predicted molar refractivity (Wildman–Crippen MR) is 107 cm³/mol. The van der Waals surface area contributed by atoms with Gasteiger partial charge in [0.25, 0.3) is 11.6 Å². The third-order valence-electron chi connectivity index (χ3n) is 4.98. The first kappa shape index (κ1) is 20.6. The smallest absolute Gasteiger partial charge is 0.307 e. The van der Waals surface area contributed by atoms with Gasteiger partial charge in [-0.05, 0) is 19.1 Å². The van der Waals surface area contributed by atoms with E-state index in [9.17, 15) is 19.7 Å². The number of esters is 1. The molecule has 0 spiro atoms. The van der Waals surface area contributed by atoms with Gasteiger partial charge < -0.3 is 23.8 Å². The monoisotopic (exact) mass is 428 g/mol. The number of benzene rings is 2. The van der Waals surface area contributed by atoms with Crippen molar-refractivity contribution in [1.82, 2.24) is 0 Å². The Hall–Kier alpha value is -3.66. The lowest BCUT2D eigenvalue weighted by Gasteiger charge is -2.32. The highest BCUT2D eigenvalue weighted by atomic mass is 16.7. The molecule has 10 nitrogen and oxygen atoms in total. The summed E-state index contributed by atoms with van der Waals surface area (Å²) < 4.78 is 21.5. The SMILES string of the molecule is CC1Oc2ccccc2N(CCC(=O)OCc2cc([N+](=O)[O-])cc3c2OCOC3)C1=O. The van der Waals surface area contributed by atoms with E-state index < -0.39 is 17.0 Å². The highest BCUT2D eigenvalue weighted by molar-refractivity contribution is 6.00. The van der Waals surface area contributed by atoms with E-state index in [4.69, 9.17) is 18.9 Å². The topological polar surface area (TPSA) is 117 Å². The van der Waals surface area contributed by atoms with E-state index in [1.54, 1.807) is 31.2 Å². The molecule has 2 aliphatic rings. The van der Waals surface area contributed by atoms with Gasteiger partial charge in [-0.2, -0.15) is 0 Å². The molecule has 0 aromatic heterocycles. The summed E-state index contributed by atoms with van der Waals surface area (Å²) in [4.78, 5) is 37.0. The molecule has 1 amide bonds. The van der Waals surface area contributed by atoms with Crippen LogP contribution < -0.4 is 14.4 Å². The Balaban J connectivity index is 1.42. The maximum atomic E-state index is 12.5. The second-order valence-electron chi connectivity index (χ2n) is 7.09. The van der Waals surface area contributed by atoms with Crippen molar-refractivity contribution in [2.75, 3.05) is 18.2 Å². The molecule has 2 aromatic carbocycles. The molecular formula is C21H20N2O8. The summed E-state index contributed by atoms with van der Waals surface area (Å²) in [6.45, 7) is 1.78. The fourth-order valence-electron chi connectivity index (χ4n) is 3.52. The van der Waals surface area contributed by atoms with Gasteiger partial charge >= 0.3 is 5.97 Å². The van der Waals surface area contributed by atoms with Crippen molar-refractivity contribution >= 4 is 23.3 Å². The Morgan fingerprint density at radius 2 is 2.13 bits per heavy atom. The predicted octanol–water partition coefficient (Wildman–Crippen LogP) is 2.71. The fourth-order valence-corrected chi connectivity index (χ4v) is 3.52. The minimum Gasteiger partial charge on any atom is -0.479 e. The number of non-ortho nitro benzene ring substituents is 1. The quantitative estimate of drug-likeness (QED) is 0.392. The van der Waals surface area contributed by atoms with Crippen molar-refractivity contribution in [3.8, 4) is 11.5 Å². The highest BCUT2D eigenvalue weighted by Crippen LogP contribution is 2.34. The molecule has 2 aliphatic heterocycles. The van der Waals surface area contributed by atoms with Crippen molar-refractivity contribution in [2.24, 2.45) is 0 Å². The van der Waals surface area contributed by atoms with E-state index in [2.05, 4.69) is 0 Å². The summed E-state index contributed by atoms with van der Waals surface area (Å²) in [6, 6.07) is 9.80. The molecular weight excluding hydrogens is 408 g/mol. The largest absolute Gasteiger partial charge is 0.479 e. The number of nitro benzene ring substituents is 1. The Kier molecular flexibility index (Phi) is 5.72. The molecule has 10 heteroatoms. The molecule has 31 heavy (non-hydrogen) atoms. The van der Waals surface area contributed by atoms with Crippen LogP contribution in [0.25, 0.3) is 0 Å². The number of nitro groups is 1. The minimum atomic E-state index is -0.651. The number of carbonyl (C=O) groups is 2. The Morgan fingerprint density at radius 3 is 2.94 bits per heavy atom. The van der Waals surface area contributed by atoms with E-state index in [0.717, 1.165) is 0 Å². The molecule has 0 fully saturated rings. The van der Waals surface area contributed by atoms with Crippen molar-refractivity contribution in [3.63, 3.8) is 0 Å². The van der Waals surface area contributed by atoms with Crippen molar-refractivity contribution in [2.45, 2.75) is 32.7 Å². The Bertz CT molecular complexity index is 1040. The standard InChI is InChI=1S/C21H20N2O8/c1-13-21(25)22(17-4-2-3-5-18(17)31-13)7-6-19(24)29-11-15-9-16(23(26)27)8-14-10-28-12-30-20(14)15/h2-5,8-9,13H,6-7,10-12H2,1H3. The summed E-state index contributed by atoms with van der Waals surface area (Å²) >= 11 is 0. The van der Waals surface area contributed by atoms with Crippen LogP contribution in [0.4, 0.5) is 11.4 Å². The molecule has 4 rings (SSSR count). The van der Waals surface area contributed by atoms with E-state index in [1.807, 2.05) is 0 Å². The van der Waals surface area contributed by atoms with Gasteiger partial charge in [-0.15, -0.1) is 0 Å². The molecule has 0 radical (unpaired) electrons. The number of carbonyl (C=O) groups excluding carboxylic acids is 2. The Morgan fingerprint density at radius 1 is 1.32 bits per heavy atom. The van der Waals surface area contributed by atoms with Crippen LogP contribution in [0.1, 0.15) is 24.5 Å². The second kappa shape index (κ2) is 8.60. The van der Waals surface area contributed by atoms with Gasteiger partial charge in [-0.25, -0.2) is 0 Å². The summed E-state index contributed by atoms with van der Waals surface area (Å²) in [5.41, 5.74) is 1.38. The van der Waals surface area contributed by atoms with E-state index in [-0.39, 0.29) is 44.6 Å². The molecule has 2 heterocycles. The molecule has 0 N–H and O–H groups in total. The van der Waals surface area contributed by atoms with Gasteiger partial charge in [0.2, 0.25) is 0 Å². The molecule has 1 atom stereocenters. The lowest BCUT2D eigenvalue weighted by Crippen LogP contribution is -2.45. The molecule has 162 valence electrons. The lowest BCUT2D eigenvalue weighted by atomic mass is 10.1. The Labute approximate surface area is 177 Å². The average molecular weight is 428 g/mol. The van der Waals surface area contributed by atoms with Crippen LogP contribution in [-0.2, 0) is 32.3 Å². The normalized spacial score (nSPS) is 17.1. The number of hydrogen-bond donors (Lipinski definition) is 0. The van der Waals surface area contributed by atoms with Gasteiger partial charge in [0, 0.05) is 29.8 Å². The van der Waals surface area contributed by atoms with E-state index in [1.165, 1.54) is 17.0 Å². The van der Waals surface area contributed by atoms with Crippen LogP contribution in [0.5, 0.6) is 11.5 Å². The van der Waals surface area contributed by atoms with Crippen LogP contribution in [0.3, 0.4) is 0 Å². The van der Waals surface area contributed by atoms with Gasteiger partial charge in [-0.3, -0.25) is 19.7 Å². The molecule has 0 saturated carbocycles. The van der Waals surface area contributed by atoms with Crippen molar-refractivity contribution in [3.05, 3.63) is 57.6 Å². The average Bonchev–Trinajstić information content (AvgIpc) is 2.77. The van der Waals surface area contributed by atoms with Gasteiger partial charge in [0.1, 0.15) is 18.1 Å². The number of fused-ring (bicyclic) bond motifs is 2. The molecule has 2 aromatic rings. The molecule has 0 bridgehead atoms. The van der Waals surface area contributed by atoms with Gasteiger partial charge in [0.05, 0.1) is 23.6 Å². The third kappa shape index (κ3) is 4.29. The fraction of sp³-hybridized carbons (Fsp3) is 0.333. The molecule has 0 aliphatic carbocycles. The second-order valence-corrected chi connectivity index (χ2v) is 7.09. The zero-order valence-electron chi connectivity index (χ0n) is 16.7. The maximum absolute atomic E-state index is 12.5. The first-order chi connectivity index (χ1) is 14.9. The maximum Gasteiger partial charge on any atom is 0.307 e. The van der Waals surface area contributed by atoms with Crippen LogP contribution in [0.2, 0.25) is 0 Å². The number of hydrogen-bond acceptors (Lipinski definition) is 8. The highest BCUT2D eigenvalue weighted by Gasteiger charge is 2.31. The van der Waals surface area contributed by atoms with E-state index >= 15 is 0 Å². The van der Waals surface area contributed by atoms with Crippen LogP contribution in [0.15, 0.2) is 36.4 Å². The van der Waals surface area contributed by atoms with Crippen LogP contribution in [0, 0.1) is 10.1 Å². The molecule has 0 saturated heterocycles.